The van der Waals surface area contributed by atoms with E-state index in [0.717, 1.165) is 0 Å². The average molecular weight is 166 g/mol. The molecule has 0 saturated carbocycles. The molecule has 0 amide bonds. The zero-order valence-electron chi connectivity index (χ0n) is 6.75. The molecule has 6 heteroatoms. The summed E-state index contributed by atoms with van der Waals surface area (Å²) >= 11 is 0. The van der Waals surface area contributed by atoms with E-state index < -0.39 is 8.97 Å². The molecule has 0 aliphatic heterocycles. The van der Waals surface area contributed by atoms with Crippen molar-refractivity contribution in [1.82, 2.24) is 4.67 Å². The van der Waals surface area contributed by atoms with Crippen LogP contribution in [-0.2, 0) is 13.3 Å². The number of hydrogen-bond acceptors (Lipinski definition) is 5. The fourth-order valence-electron chi connectivity index (χ4n) is 0.682. The molecule has 0 spiro atoms. The first kappa shape index (κ1) is 10.0. The first-order chi connectivity index (χ1) is 4.63. The van der Waals surface area contributed by atoms with E-state index >= 15 is 0 Å². The van der Waals surface area contributed by atoms with Crippen LogP contribution >= 0.6 is 0 Å². The molecule has 0 rings (SSSR count). The zero-order valence-corrected chi connectivity index (χ0v) is 7.75. The minimum atomic E-state index is -2.68. The van der Waals surface area contributed by atoms with Crippen LogP contribution in [0.2, 0.25) is 0 Å². The highest BCUT2D eigenvalue weighted by Crippen LogP contribution is 2.05. The number of hydrogen-bond donors (Lipinski definition) is 1. The van der Waals surface area contributed by atoms with E-state index in [-0.39, 0.29) is 0 Å². The van der Waals surface area contributed by atoms with E-state index in [1.54, 1.807) is 7.05 Å². The third-order valence-corrected chi connectivity index (χ3v) is 3.62. The van der Waals surface area contributed by atoms with Gasteiger partial charge in [0.05, 0.1) is 0 Å². The summed E-state index contributed by atoms with van der Waals surface area (Å²) in [7, 11) is 3.47. The van der Waals surface area contributed by atoms with Crippen molar-refractivity contribution in [3.05, 3.63) is 0 Å². The Morgan fingerprint density at radius 1 is 1.10 bits per heavy atom. The number of hydrazine groups is 1. The zero-order chi connectivity index (χ0) is 8.20. The Kier molecular flexibility index (Phi) is 4.02. The van der Waals surface area contributed by atoms with E-state index in [1.165, 1.54) is 26.0 Å². The van der Waals surface area contributed by atoms with Gasteiger partial charge in [0.25, 0.3) is 0 Å². The molecule has 0 fully saturated rings. The molecule has 0 radical (unpaired) electrons. The van der Waals surface area contributed by atoms with Gasteiger partial charge in [0.2, 0.25) is 0 Å². The van der Waals surface area contributed by atoms with Gasteiger partial charge in [0, 0.05) is 28.4 Å². The molecule has 2 N–H and O–H groups in total. The summed E-state index contributed by atoms with van der Waals surface area (Å²) in [5, 5.41) is 0. The van der Waals surface area contributed by atoms with Crippen molar-refractivity contribution < 1.29 is 13.3 Å². The van der Waals surface area contributed by atoms with Crippen LogP contribution in [0.5, 0.6) is 0 Å². The Hall–Kier alpha value is 0.0169. The van der Waals surface area contributed by atoms with Crippen LogP contribution in [0.3, 0.4) is 0 Å². The Labute approximate surface area is 62.1 Å². The Bertz CT molecular complexity index is 88.2. The van der Waals surface area contributed by atoms with Gasteiger partial charge in [0.15, 0.2) is 0 Å². The normalized spacial score (nSPS) is 12.6. The number of nitrogens with zero attached hydrogens (tertiary/aromatic N) is 1. The molecule has 62 valence electrons. The molecule has 0 unspecified atom stereocenters. The van der Waals surface area contributed by atoms with Gasteiger partial charge in [-0.15, -0.1) is 0 Å². The predicted molar refractivity (Wildman–Crippen MR) is 38.7 cm³/mol. The molecule has 0 atom stereocenters. The van der Waals surface area contributed by atoms with Crippen LogP contribution in [-0.4, -0.2) is 42.0 Å². The van der Waals surface area contributed by atoms with Crippen LogP contribution in [0.4, 0.5) is 0 Å². The molecular formula is C4H14N2O3Si. The minimum Gasteiger partial charge on any atom is -0.364 e. The maximum Gasteiger partial charge on any atom is 0.612 e. The topological polar surface area (TPSA) is 57.0 Å². The van der Waals surface area contributed by atoms with Crippen LogP contribution in [0.1, 0.15) is 0 Å². The number of rotatable bonds is 4. The van der Waals surface area contributed by atoms with Gasteiger partial charge in [-0.3, -0.25) is 5.84 Å². The maximum atomic E-state index is 5.42. The lowest BCUT2D eigenvalue weighted by molar-refractivity contribution is 0.0664. The summed E-state index contributed by atoms with van der Waals surface area (Å²) in [5.74, 6) is 5.42. The van der Waals surface area contributed by atoms with Crippen LogP contribution < -0.4 is 5.84 Å². The molecule has 5 nitrogen and oxygen atoms in total. The average Bonchev–Trinajstić information content (AvgIpc) is 1.92. The first-order valence-electron chi connectivity index (χ1n) is 2.77. The Balaban J connectivity index is 4.15. The van der Waals surface area contributed by atoms with Crippen LogP contribution in [0, 0.1) is 0 Å². The summed E-state index contributed by atoms with van der Waals surface area (Å²) < 4.78 is 16.3. The maximum absolute atomic E-state index is 5.42. The van der Waals surface area contributed by atoms with Crippen molar-refractivity contribution in [2.75, 3.05) is 28.4 Å². The molecule has 0 saturated heterocycles. The fraction of sp³-hybridized carbons (Fsp3) is 1.00. The second-order valence-corrected chi connectivity index (χ2v) is 4.73. The third kappa shape index (κ3) is 1.75. The lowest BCUT2D eigenvalue weighted by atomic mass is 11.5. The molecular weight excluding hydrogens is 152 g/mol. The minimum absolute atomic E-state index is 1.33. The number of nitrogens with two attached hydrogens (primary N) is 1. The van der Waals surface area contributed by atoms with E-state index in [9.17, 15) is 0 Å². The van der Waals surface area contributed by atoms with Crippen LogP contribution in [0.15, 0.2) is 0 Å². The Morgan fingerprint density at radius 3 is 1.40 bits per heavy atom. The summed E-state index contributed by atoms with van der Waals surface area (Å²) in [6.45, 7) is 0. The SMILES string of the molecule is CO[Si](OC)(OC)N(C)N. The third-order valence-electron chi connectivity index (χ3n) is 1.21. The molecule has 0 aromatic rings. The fourth-order valence-corrected chi connectivity index (χ4v) is 2.05. The van der Waals surface area contributed by atoms with Gasteiger partial charge in [-0.2, -0.15) is 4.67 Å². The lowest BCUT2D eigenvalue weighted by Crippen LogP contribution is -2.60. The first-order valence-corrected chi connectivity index (χ1v) is 4.44. The van der Waals surface area contributed by atoms with Gasteiger partial charge in [-0.25, -0.2) is 0 Å². The largest absolute Gasteiger partial charge is 0.612 e. The van der Waals surface area contributed by atoms with Crippen molar-refractivity contribution in [3.63, 3.8) is 0 Å². The quantitative estimate of drug-likeness (QED) is 0.335. The molecule has 10 heavy (non-hydrogen) atoms. The molecule has 0 bridgehead atoms. The highest BCUT2D eigenvalue weighted by atomic mass is 28.4. The van der Waals surface area contributed by atoms with Crippen molar-refractivity contribution >= 4 is 8.97 Å². The molecule has 0 aromatic carbocycles. The van der Waals surface area contributed by atoms with Gasteiger partial charge in [-0.05, 0) is 0 Å². The van der Waals surface area contributed by atoms with Crippen LogP contribution in [0.25, 0.3) is 0 Å². The lowest BCUT2D eigenvalue weighted by Gasteiger charge is -2.28. The van der Waals surface area contributed by atoms with E-state index in [0.29, 0.717) is 0 Å². The summed E-state index contributed by atoms with van der Waals surface area (Å²) in [5.41, 5.74) is 0. The molecule has 0 heterocycles. The highest BCUT2D eigenvalue weighted by Gasteiger charge is 2.43. The van der Waals surface area contributed by atoms with E-state index in [1.807, 2.05) is 0 Å². The second-order valence-electron chi connectivity index (χ2n) is 1.75. The van der Waals surface area contributed by atoms with Crippen molar-refractivity contribution in [2.24, 2.45) is 5.84 Å². The van der Waals surface area contributed by atoms with Crippen molar-refractivity contribution in [1.29, 1.82) is 0 Å². The van der Waals surface area contributed by atoms with E-state index in [2.05, 4.69) is 0 Å². The van der Waals surface area contributed by atoms with Gasteiger partial charge >= 0.3 is 8.97 Å². The van der Waals surface area contributed by atoms with E-state index in [4.69, 9.17) is 19.1 Å². The summed E-state index contributed by atoms with van der Waals surface area (Å²) in [4.78, 5) is 0. The van der Waals surface area contributed by atoms with Crippen molar-refractivity contribution in [3.8, 4) is 0 Å². The smallest absolute Gasteiger partial charge is 0.364 e. The van der Waals surface area contributed by atoms with Gasteiger partial charge < -0.3 is 13.3 Å². The molecule has 0 aliphatic carbocycles. The molecule has 0 aliphatic rings. The highest BCUT2D eigenvalue weighted by molar-refractivity contribution is 6.57. The Morgan fingerprint density at radius 2 is 1.40 bits per heavy atom. The van der Waals surface area contributed by atoms with Gasteiger partial charge in [-0.1, -0.05) is 0 Å². The van der Waals surface area contributed by atoms with Crippen molar-refractivity contribution in [2.45, 2.75) is 0 Å². The summed E-state index contributed by atoms with van der Waals surface area (Å²) in [6, 6.07) is 0. The second kappa shape index (κ2) is 4.01. The monoisotopic (exact) mass is 166 g/mol. The van der Waals surface area contributed by atoms with Gasteiger partial charge in [0.1, 0.15) is 0 Å². The predicted octanol–water partition coefficient (Wildman–Crippen LogP) is -0.833. The summed E-state index contributed by atoms with van der Waals surface area (Å²) in [6.07, 6.45) is 0. The molecule has 0 aromatic heterocycles. The standard InChI is InChI=1S/C4H14N2O3Si/c1-6(5)10(7-2,8-3)9-4/h5H2,1-4H3.